The highest BCUT2D eigenvalue weighted by Crippen LogP contribution is 2.00. The number of nitrogens with zero attached hydrogens (tertiary/aromatic N) is 2. The summed E-state index contributed by atoms with van der Waals surface area (Å²) < 4.78 is 1.50. The van der Waals surface area contributed by atoms with E-state index in [1.807, 2.05) is 0 Å². The average molecular weight is 258 g/mol. The highest BCUT2D eigenvalue weighted by atomic mass is 32.2. The fraction of sp³-hybridized carbons (Fsp3) is 0.600. The molecule has 7 heteroatoms. The van der Waals surface area contributed by atoms with Gasteiger partial charge >= 0.3 is 0 Å². The second-order valence-electron chi connectivity index (χ2n) is 3.51. The van der Waals surface area contributed by atoms with Crippen LogP contribution in [0.1, 0.15) is 6.42 Å². The van der Waals surface area contributed by atoms with Crippen LogP contribution in [0, 0.1) is 0 Å². The molecular weight excluding hydrogens is 240 g/mol. The second-order valence-corrected chi connectivity index (χ2v) is 4.74. The number of amides is 1. The van der Waals surface area contributed by atoms with E-state index in [4.69, 9.17) is 10.8 Å². The van der Waals surface area contributed by atoms with Crippen LogP contribution in [0.15, 0.2) is 12.4 Å². The Kier molecular flexibility index (Phi) is 6.49. The van der Waals surface area contributed by atoms with E-state index in [9.17, 15) is 4.79 Å². The van der Waals surface area contributed by atoms with Crippen LogP contribution in [0.5, 0.6) is 0 Å². The van der Waals surface area contributed by atoms with Crippen molar-refractivity contribution < 1.29 is 9.90 Å². The molecule has 6 nitrogen and oxygen atoms in total. The van der Waals surface area contributed by atoms with Gasteiger partial charge in [-0.25, -0.2) is 0 Å². The summed E-state index contributed by atoms with van der Waals surface area (Å²) in [7, 11) is 0. The Hall–Kier alpha value is -1.21. The van der Waals surface area contributed by atoms with Crippen LogP contribution < -0.4 is 11.1 Å². The number of nitrogen functional groups attached to an aromatic ring is 1. The quantitative estimate of drug-likeness (QED) is 0.557. The van der Waals surface area contributed by atoms with Gasteiger partial charge in [-0.15, -0.1) is 0 Å². The predicted molar refractivity (Wildman–Crippen MR) is 68.7 cm³/mol. The summed E-state index contributed by atoms with van der Waals surface area (Å²) in [6, 6.07) is 0. The molecule has 0 bridgehead atoms. The SMILES string of the molecule is Nc1cnn(CC(=O)NCCSCCCO)c1. The van der Waals surface area contributed by atoms with Crippen molar-refractivity contribution in [1.82, 2.24) is 15.1 Å². The van der Waals surface area contributed by atoms with Crippen molar-refractivity contribution in [2.24, 2.45) is 0 Å². The molecule has 17 heavy (non-hydrogen) atoms. The van der Waals surface area contributed by atoms with Gasteiger partial charge in [0.1, 0.15) is 6.54 Å². The molecule has 96 valence electrons. The first-order valence-electron chi connectivity index (χ1n) is 5.45. The molecular formula is C10H18N4O2S. The number of hydrogen-bond acceptors (Lipinski definition) is 5. The molecule has 1 heterocycles. The number of carbonyl (C=O) groups is 1. The molecule has 1 rings (SSSR count). The van der Waals surface area contributed by atoms with Crippen molar-refractivity contribution in [2.75, 3.05) is 30.4 Å². The van der Waals surface area contributed by atoms with Crippen LogP contribution in [0.4, 0.5) is 5.69 Å². The monoisotopic (exact) mass is 258 g/mol. The maximum Gasteiger partial charge on any atom is 0.241 e. The molecule has 0 aromatic carbocycles. The number of aromatic nitrogens is 2. The standard InChI is InChI=1S/C10H18N4O2S/c11-9-6-13-14(7-9)8-10(16)12-2-5-17-4-1-3-15/h6-7,15H,1-5,8,11H2,(H,12,16). The Labute approximate surface area is 105 Å². The van der Waals surface area contributed by atoms with E-state index in [0.29, 0.717) is 12.2 Å². The predicted octanol–water partition coefficient (Wildman–Crippen LogP) is -0.303. The average Bonchev–Trinajstić information content (AvgIpc) is 2.69. The number of aliphatic hydroxyl groups is 1. The molecule has 0 unspecified atom stereocenters. The van der Waals surface area contributed by atoms with Crippen molar-refractivity contribution in [1.29, 1.82) is 0 Å². The maximum atomic E-state index is 11.4. The fourth-order valence-electron chi connectivity index (χ4n) is 1.20. The largest absolute Gasteiger partial charge is 0.396 e. The third-order valence-corrected chi connectivity index (χ3v) is 3.04. The van der Waals surface area contributed by atoms with Crippen molar-refractivity contribution in [2.45, 2.75) is 13.0 Å². The number of nitrogens with two attached hydrogens (primary N) is 1. The Balaban J connectivity index is 2.05. The smallest absolute Gasteiger partial charge is 0.241 e. The number of hydrogen-bond donors (Lipinski definition) is 3. The van der Waals surface area contributed by atoms with Crippen molar-refractivity contribution >= 4 is 23.4 Å². The summed E-state index contributed by atoms with van der Waals surface area (Å²) in [4.78, 5) is 11.4. The molecule has 1 aromatic rings. The molecule has 0 aliphatic rings. The Morgan fingerprint density at radius 3 is 3.06 bits per heavy atom. The molecule has 0 saturated carbocycles. The summed E-state index contributed by atoms with van der Waals surface area (Å²) in [6.07, 6.45) is 3.93. The van der Waals surface area contributed by atoms with Gasteiger partial charge in [-0.1, -0.05) is 0 Å². The van der Waals surface area contributed by atoms with E-state index in [1.54, 1.807) is 18.0 Å². The molecule has 0 spiro atoms. The molecule has 0 radical (unpaired) electrons. The Bertz CT molecular complexity index is 343. The van der Waals surface area contributed by atoms with Crippen molar-refractivity contribution in [3.05, 3.63) is 12.4 Å². The van der Waals surface area contributed by atoms with Gasteiger partial charge in [0.15, 0.2) is 0 Å². The van der Waals surface area contributed by atoms with E-state index in [1.165, 1.54) is 10.9 Å². The van der Waals surface area contributed by atoms with E-state index in [-0.39, 0.29) is 19.1 Å². The summed E-state index contributed by atoms with van der Waals surface area (Å²) >= 11 is 1.71. The number of anilines is 1. The minimum atomic E-state index is -0.0733. The minimum absolute atomic E-state index is 0.0733. The molecule has 0 aliphatic heterocycles. The van der Waals surface area contributed by atoms with Crippen LogP contribution in [0.2, 0.25) is 0 Å². The zero-order valence-corrected chi connectivity index (χ0v) is 10.4. The topological polar surface area (TPSA) is 93.2 Å². The summed E-state index contributed by atoms with van der Waals surface area (Å²) in [5.41, 5.74) is 6.04. The fourth-order valence-corrected chi connectivity index (χ4v) is 1.98. The Morgan fingerprint density at radius 2 is 2.41 bits per heavy atom. The van der Waals surface area contributed by atoms with Crippen LogP contribution in [-0.2, 0) is 11.3 Å². The van der Waals surface area contributed by atoms with E-state index >= 15 is 0 Å². The van der Waals surface area contributed by atoms with E-state index < -0.39 is 0 Å². The highest BCUT2D eigenvalue weighted by Gasteiger charge is 2.02. The van der Waals surface area contributed by atoms with E-state index in [0.717, 1.165) is 17.9 Å². The molecule has 0 fully saturated rings. The zero-order valence-electron chi connectivity index (χ0n) is 9.63. The number of aliphatic hydroxyl groups excluding tert-OH is 1. The first-order valence-corrected chi connectivity index (χ1v) is 6.61. The maximum absolute atomic E-state index is 11.4. The van der Waals surface area contributed by atoms with Gasteiger partial charge in [0.25, 0.3) is 0 Å². The molecule has 0 saturated heterocycles. The number of thioether (sulfide) groups is 1. The van der Waals surface area contributed by atoms with Gasteiger partial charge in [0.05, 0.1) is 11.9 Å². The van der Waals surface area contributed by atoms with Gasteiger partial charge < -0.3 is 16.2 Å². The highest BCUT2D eigenvalue weighted by molar-refractivity contribution is 7.99. The lowest BCUT2D eigenvalue weighted by atomic mass is 10.5. The minimum Gasteiger partial charge on any atom is -0.396 e. The summed E-state index contributed by atoms with van der Waals surface area (Å²) in [5.74, 6) is 1.70. The normalized spacial score (nSPS) is 10.4. The first-order chi connectivity index (χ1) is 8.22. The van der Waals surface area contributed by atoms with Crippen LogP contribution in [0.25, 0.3) is 0 Å². The number of nitrogens with one attached hydrogen (secondary N) is 1. The van der Waals surface area contributed by atoms with Crippen LogP contribution in [0.3, 0.4) is 0 Å². The van der Waals surface area contributed by atoms with Gasteiger partial charge in [0, 0.05) is 25.1 Å². The lowest BCUT2D eigenvalue weighted by Crippen LogP contribution is -2.29. The molecule has 4 N–H and O–H groups in total. The van der Waals surface area contributed by atoms with Gasteiger partial charge in [-0.3, -0.25) is 9.48 Å². The van der Waals surface area contributed by atoms with Crippen LogP contribution in [-0.4, -0.2) is 45.5 Å². The third-order valence-electron chi connectivity index (χ3n) is 1.97. The summed E-state index contributed by atoms with van der Waals surface area (Å²) in [6.45, 7) is 1.05. The molecule has 1 aromatic heterocycles. The lowest BCUT2D eigenvalue weighted by molar-refractivity contribution is -0.121. The number of carbonyl (C=O) groups excluding carboxylic acids is 1. The molecule has 0 aliphatic carbocycles. The van der Waals surface area contributed by atoms with Crippen molar-refractivity contribution in [3.63, 3.8) is 0 Å². The van der Waals surface area contributed by atoms with Crippen molar-refractivity contribution in [3.8, 4) is 0 Å². The van der Waals surface area contributed by atoms with Crippen LogP contribution >= 0.6 is 11.8 Å². The van der Waals surface area contributed by atoms with Gasteiger partial charge in [-0.2, -0.15) is 16.9 Å². The number of rotatable bonds is 8. The third kappa shape index (κ3) is 6.18. The molecule has 0 atom stereocenters. The van der Waals surface area contributed by atoms with Gasteiger partial charge in [-0.05, 0) is 12.2 Å². The second kappa shape index (κ2) is 7.97. The lowest BCUT2D eigenvalue weighted by Gasteiger charge is -2.04. The zero-order chi connectivity index (χ0) is 12.5. The van der Waals surface area contributed by atoms with E-state index in [2.05, 4.69) is 10.4 Å². The van der Waals surface area contributed by atoms with Gasteiger partial charge in [0.2, 0.25) is 5.91 Å². The summed E-state index contributed by atoms with van der Waals surface area (Å²) in [5, 5.41) is 15.3. The molecule has 1 amide bonds. The Morgan fingerprint density at radius 1 is 1.59 bits per heavy atom. The first kappa shape index (κ1) is 13.9.